The molecule has 1 aliphatic rings. The molecule has 5 nitrogen and oxygen atoms in total. The van der Waals surface area contributed by atoms with Crippen molar-refractivity contribution in [3.8, 4) is 5.75 Å². The summed E-state index contributed by atoms with van der Waals surface area (Å²) < 4.78 is 11.0. The summed E-state index contributed by atoms with van der Waals surface area (Å²) in [5, 5.41) is 2.74. The van der Waals surface area contributed by atoms with Gasteiger partial charge in [0, 0.05) is 22.8 Å². The molecule has 1 fully saturated rings. The van der Waals surface area contributed by atoms with Crippen molar-refractivity contribution in [1.29, 1.82) is 0 Å². The van der Waals surface area contributed by atoms with E-state index in [1.165, 1.54) is 0 Å². The molecular weight excluding hydrogens is 394 g/mol. The van der Waals surface area contributed by atoms with Gasteiger partial charge in [-0.25, -0.2) is 4.79 Å². The number of ether oxygens (including phenoxy) is 2. The Bertz CT molecular complexity index is 830. The minimum Gasteiger partial charge on any atom is -0.482 e. The zero-order chi connectivity index (χ0) is 19.9. The van der Waals surface area contributed by atoms with Gasteiger partial charge < -0.3 is 14.8 Å². The van der Waals surface area contributed by atoms with E-state index in [-0.39, 0.29) is 19.1 Å². The average Bonchev–Trinajstić information content (AvgIpc) is 3.18. The quantitative estimate of drug-likeness (QED) is 0.676. The van der Waals surface area contributed by atoms with Crippen LogP contribution in [-0.2, 0) is 14.3 Å². The summed E-state index contributed by atoms with van der Waals surface area (Å²) in [4.78, 5) is 24.0. The molecule has 0 saturated carbocycles. The maximum absolute atomic E-state index is 12.0. The molecule has 0 bridgehead atoms. The van der Waals surface area contributed by atoms with Gasteiger partial charge in [-0.15, -0.1) is 23.5 Å². The van der Waals surface area contributed by atoms with E-state index in [9.17, 15) is 9.59 Å². The number of para-hydroxylation sites is 1. The number of benzene rings is 2. The molecule has 28 heavy (non-hydrogen) atoms. The summed E-state index contributed by atoms with van der Waals surface area (Å²) in [6.07, 6.45) is 0. The van der Waals surface area contributed by atoms with E-state index in [4.69, 9.17) is 9.47 Å². The van der Waals surface area contributed by atoms with Gasteiger partial charge >= 0.3 is 5.97 Å². The number of thioether (sulfide) groups is 2. The van der Waals surface area contributed by atoms with Crippen LogP contribution in [0.4, 0.5) is 5.69 Å². The zero-order valence-electron chi connectivity index (χ0n) is 15.9. The fourth-order valence-electron chi connectivity index (χ4n) is 2.91. The minimum absolute atomic E-state index is 0.226. The predicted molar refractivity (Wildman–Crippen MR) is 115 cm³/mol. The van der Waals surface area contributed by atoms with Gasteiger partial charge in [-0.1, -0.05) is 24.3 Å². The maximum atomic E-state index is 12.0. The molecular formula is C21H23NO4S2. The maximum Gasteiger partial charge on any atom is 0.344 e. The molecule has 0 aliphatic carbocycles. The van der Waals surface area contributed by atoms with Crippen molar-refractivity contribution in [3.63, 3.8) is 0 Å². The predicted octanol–water partition coefficient (Wildman–Crippen LogP) is 4.34. The van der Waals surface area contributed by atoms with E-state index in [1.54, 1.807) is 0 Å². The Hall–Kier alpha value is -2.12. The summed E-state index contributed by atoms with van der Waals surface area (Å²) >= 11 is 3.75. The Morgan fingerprint density at radius 2 is 1.71 bits per heavy atom. The molecule has 148 valence electrons. The van der Waals surface area contributed by atoms with Gasteiger partial charge in [-0.2, -0.15) is 0 Å². The molecule has 0 atom stereocenters. The van der Waals surface area contributed by atoms with Crippen LogP contribution in [0.25, 0.3) is 0 Å². The molecule has 3 rings (SSSR count). The number of carbonyl (C=O) groups is 2. The highest BCUT2D eigenvalue weighted by Gasteiger charge is 2.22. The van der Waals surface area contributed by atoms with Gasteiger partial charge in [0.05, 0.1) is 4.58 Å². The third-order valence-corrected chi connectivity index (χ3v) is 7.08. The number of esters is 1. The van der Waals surface area contributed by atoms with Crippen molar-refractivity contribution in [2.24, 2.45) is 0 Å². The molecule has 1 amide bonds. The standard InChI is InChI=1S/C21H23NO4S2/c1-14-9-15(2)11-16(10-14)22-19(23)12-26-20(24)13-25-18-6-4-3-5-17(18)21-27-7-8-28-21/h3-6,9-11,21H,7-8,12-13H2,1-2H3,(H,22,23). The molecule has 0 unspecified atom stereocenters. The van der Waals surface area contributed by atoms with Crippen LogP contribution in [0.1, 0.15) is 21.3 Å². The first kappa shape index (κ1) is 20.6. The number of rotatable bonds is 7. The van der Waals surface area contributed by atoms with E-state index in [0.717, 1.165) is 28.2 Å². The smallest absolute Gasteiger partial charge is 0.344 e. The third-order valence-electron chi connectivity index (χ3n) is 4.01. The average molecular weight is 418 g/mol. The molecule has 1 N–H and O–H groups in total. The topological polar surface area (TPSA) is 64.6 Å². The number of hydrogen-bond acceptors (Lipinski definition) is 6. The first-order valence-electron chi connectivity index (χ1n) is 9.00. The lowest BCUT2D eigenvalue weighted by Crippen LogP contribution is -2.23. The number of hydrogen-bond donors (Lipinski definition) is 1. The summed E-state index contributed by atoms with van der Waals surface area (Å²) in [6.45, 7) is 3.35. The second-order valence-electron chi connectivity index (χ2n) is 6.49. The lowest BCUT2D eigenvalue weighted by molar-refractivity contribution is -0.149. The number of carbonyl (C=O) groups excluding carboxylic acids is 2. The van der Waals surface area contributed by atoms with E-state index < -0.39 is 5.97 Å². The Morgan fingerprint density at radius 1 is 1.04 bits per heavy atom. The van der Waals surface area contributed by atoms with E-state index >= 15 is 0 Å². The van der Waals surface area contributed by atoms with Crippen LogP contribution in [-0.4, -0.2) is 36.6 Å². The van der Waals surface area contributed by atoms with Crippen LogP contribution in [0, 0.1) is 13.8 Å². The Balaban J connectivity index is 1.46. The third kappa shape index (κ3) is 5.94. The van der Waals surface area contributed by atoms with Crippen LogP contribution in [0.15, 0.2) is 42.5 Å². The highest BCUT2D eigenvalue weighted by atomic mass is 32.2. The second kappa shape index (κ2) is 9.89. The van der Waals surface area contributed by atoms with E-state index in [0.29, 0.717) is 16.0 Å². The van der Waals surface area contributed by atoms with Crippen molar-refractivity contribution >= 4 is 41.1 Å². The highest BCUT2D eigenvalue weighted by molar-refractivity contribution is 8.19. The number of nitrogens with one attached hydrogen (secondary N) is 1. The van der Waals surface area contributed by atoms with Crippen molar-refractivity contribution in [1.82, 2.24) is 0 Å². The van der Waals surface area contributed by atoms with Gasteiger partial charge in [0.15, 0.2) is 13.2 Å². The lowest BCUT2D eigenvalue weighted by atomic mass is 10.1. The largest absolute Gasteiger partial charge is 0.482 e. The van der Waals surface area contributed by atoms with Gasteiger partial charge in [-0.3, -0.25) is 4.79 Å². The van der Waals surface area contributed by atoms with Crippen molar-refractivity contribution in [3.05, 3.63) is 59.2 Å². The Labute approximate surface area is 173 Å². The number of anilines is 1. The minimum atomic E-state index is -0.572. The molecule has 1 aliphatic heterocycles. The molecule has 7 heteroatoms. The fourth-order valence-corrected chi connectivity index (χ4v) is 5.82. The fraction of sp³-hybridized carbons (Fsp3) is 0.333. The highest BCUT2D eigenvalue weighted by Crippen LogP contribution is 2.48. The van der Waals surface area contributed by atoms with Crippen LogP contribution in [0.2, 0.25) is 0 Å². The van der Waals surface area contributed by atoms with Crippen LogP contribution in [0.3, 0.4) is 0 Å². The first-order chi connectivity index (χ1) is 13.5. The van der Waals surface area contributed by atoms with Crippen molar-refractivity contribution in [2.45, 2.75) is 18.4 Å². The summed E-state index contributed by atoms with van der Waals surface area (Å²) in [6, 6.07) is 13.5. The van der Waals surface area contributed by atoms with E-state index in [2.05, 4.69) is 5.32 Å². The monoisotopic (exact) mass is 417 g/mol. The molecule has 2 aromatic rings. The second-order valence-corrected chi connectivity index (χ2v) is 9.21. The van der Waals surface area contributed by atoms with Gasteiger partial charge in [0.1, 0.15) is 5.75 Å². The van der Waals surface area contributed by atoms with Gasteiger partial charge in [0.25, 0.3) is 5.91 Å². The molecule has 0 aromatic heterocycles. The molecule has 1 saturated heterocycles. The summed E-state index contributed by atoms with van der Waals surface area (Å²) in [7, 11) is 0. The summed E-state index contributed by atoms with van der Waals surface area (Å²) in [5.41, 5.74) is 3.88. The number of aryl methyl sites for hydroxylation is 2. The normalized spacial score (nSPS) is 13.9. The number of amides is 1. The van der Waals surface area contributed by atoms with Gasteiger partial charge in [-0.05, 0) is 43.2 Å². The lowest BCUT2D eigenvalue weighted by Gasteiger charge is -2.14. The molecule has 2 aromatic carbocycles. The summed E-state index contributed by atoms with van der Waals surface area (Å²) in [5.74, 6) is 1.96. The SMILES string of the molecule is Cc1cc(C)cc(NC(=O)COC(=O)COc2ccccc2C2SCCS2)c1. The first-order valence-corrected chi connectivity index (χ1v) is 11.1. The van der Waals surface area contributed by atoms with Crippen LogP contribution >= 0.6 is 23.5 Å². The van der Waals surface area contributed by atoms with Gasteiger partial charge in [0.2, 0.25) is 0 Å². The Morgan fingerprint density at radius 3 is 2.43 bits per heavy atom. The molecule has 1 heterocycles. The molecule has 0 spiro atoms. The Kier molecular flexibility index (Phi) is 7.28. The van der Waals surface area contributed by atoms with Crippen molar-refractivity contribution < 1.29 is 19.1 Å². The molecule has 0 radical (unpaired) electrons. The zero-order valence-corrected chi connectivity index (χ0v) is 17.5. The van der Waals surface area contributed by atoms with Crippen LogP contribution in [0.5, 0.6) is 5.75 Å². The van der Waals surface area contributed by atoms with E-state index in [1.807, 2.05) is 79.8 Å². The van der Waals surface area contributed by atoms with Crippen molar-refractivity contribution in [2.75, 3.05) is 30.0 Å². The van der Waals surface area contributed by atoms with Crippen LogP contribution < -0.4 is 10.1 Å².